The van der Waals surface area contributed by atoms with Gasteiger partial charge in [0.1, 0.15) is 11.7 Å². The maximum absolute atomic E-state index is 12.5. The SMILES string of the molecule is C=CC(=O)N1CCCC1C(=O)NCCc1cc2c(-c3cnn(C)c3)ccnc2[nH]1. The number of rotatable bonds is 6. The molecule has 0 spiro atoms. The van der Waals surface area contributed by atoms with Crippen LogP contribution in [0.15, 0.2) is 43.4 Å². The van der Waals surface area contributed by atoms with Crippen molar-refractivity contribution in [2.45, 2.75) is 25.3 Å². The highest BCUT2D eigenvalue weighted by Crippen LogP contribution is 2.27. The van der Waals surface area contributed by atoms with E-state index in [4.69, 9.17) is 0 Å². The van der Waals surface area contributed by atoms with E-state index in [2.05, 4.69) is 33.0 Å². The summed E-state index contributed by atoms with van der Waals surface area (Å²) in [4.78, 5) is 33.7. The number of aryl methyl sites for hydroxylation is 1. The lowest BCUT2D eigenvalue weighted by molar-refractivity contribution is -0.135. The van der Waals surface area contributed by atoms with E-state index in [1.165, 1.54) is 6.08 Å². The number of pyridine rings is 1. The number of carbonyl (C=O) groups excluding carboxylic acids is 2. The number of hydrogen-bond acceptors (Lipinski definition) is 4. The van der Waals surface area contributed by atoms with Crippen LogP contribution in [0.1, 0.15) is 18.5 Å². The van der Waals surface area contributed by atoms with Crippen LogP contribution in [-0.4, -0.2) is 55.6 Å². The quantitative estimate of drug-likeness (QED) is 0.625. The summed E-state index contributed by atoms with van der Waals surface area (Å²) in [5.41, 5.74) is 3.91. The van der Waals surface area contributed by atoms with Gasteiger partial charge in [-0.2, -0.15) is 5.10 Å². The molecule has 2 amide bonds. The van der Waals surface area contributed by atoms with Crippen molar-refractivity contribution in [1.29, 1.82) is 0 Å². The summed E-state index contributed by atoms with van der Waals surface area (Å²) in [6.45, 7) is 4.61. The molecule has 2 N–H and O–H groups in total. The largest absolute Gasteiger partial charge is 0.354 e. The molecule has 0 bridgehead atoms. The third-order valence-electron chi connectivity index (χ3n) is 5.31. The third kappa shape index (κ3) is 3.78. The van der Waals surface area contributed by atoms with Gasteiger partial charge in [-0.1, -0.05) is 6.58 Å². The van der Waals surface area contributed by atoms with Crippen LogP contribution >= 0.6 is 0 Å². The topological polar surface area (TPSA) is 95.9 Å². The first-order chi connectivity index (χ1) is 14.1. The Hall–Kier alpha value is -3.42. The summed E-state index contributed by atoms with van der Waals surface area (Å²) in [6, 6.07) is 3.64. The third-order valence-corrected chi connectivity index (χ3v) is 5.31. The highest BCUT2D eigenvalue weighted by molar-refractivity contribution is 5.94. The van der Waals surface area contributed by atoms with E-state index >= 15 is 0 Å². The molecular formula is C21H24N6O2. The Kier molecular flexibility index (Phi) is 5.16. The molecule has 29 heavy (non-hydrogen) atoms. The number of nitrogens with zero attached hydrogens (tertiary/aromatic N) is 4. The lowest BCUT2D eigenvalue weighted by Crippen LogP contribution is -2.45. The minimum Gasteiger partial charge on any atom is -0.354 e. The average molecular weight is 392 g/mol. The summed E-state index contributed by atoms with van der Waals surface area (Å²) < 4.78 is 1.77. The number of carbonyl (C=O) groups is 2. The van der Waals surface area contributed by atoms with E-state index in [0.29, 0.717) is 25.9 Å². The van der Waals surface area contributed by atoms with Crippen LogP contribution in [0.3, 0.4) is 0 Å². The fraction of sp³-hybridized carbons (Fsp3) is 0.333. The number of fused-ring (bicyclic) bond motifs is 1. The van der Waals surface area contributed by atoms with Gasteiger partial charge < -0.3 is 15.2 Å². The van der Waals surface area contributed by atoms with Crippen LogP contribution < -0.4 is 5.32 Å². The second-order valence-electron chi connectivity index (χ2n) is 7.25. The minimum atomic E-state index is -0.401. The standard InChI is InChI=1S/C21H24N6O2/c1-3-19(28)27-10-4-5-18(27)21(29)23-8-6-15-11-17-16(7-9-22-20(17)25-15)14-12-24-26(2)13-14/h3,7,9,11-13,18H,1,4-6,8,10H2,2H3,(H,22,25)(H,23,29). The van der Waals surface area contributed by atoms with Crippen molar-refractivity contribution >= 4 is 22.8 Å². The highest BCUT2D eigenvalue weighted by Gasteiger charge is 2.32. The molecule has 4 heterocycles. The second kappa shape index (κ2) is 7.90. The molecule has 8 nitrogen and oxygen atoms in total. The summed E-state index contributed by atoms with van der Waals surface area (Å²) in [6.07, 6.45) is 9.02. The number of nitrogens with one attached hydrogen (secondary N) is 2. The monoisotopic (exact) mass is 392 g/mol. The molecule has 3 aromatic heterocycles. The Morgan fingerprint density at radius 2 is 2.31 bits per heavy atom. The Morgan fingerprint density at radius 3 is 3.07 bits per heavy atom. The number of hydrogen-bond donors (Lipinski definition) is 2. The van der Waals surface area contributed by atoms with Crippen molar-refractivity contribution in [2.24, 2.45) is 7.05 Å². The van der Waals surface area contributed by atoms with Gasteiger partial charge in [-0.3, -0.25) is 14.3 Å². The zero-order valence-corrected chi connectivity index (χ0v) is 16.4. The van der Waals surface area contributed by atoms with Crippen molar-refractivity contribution in [3.05, 3.63) is 49.1 Å². The summed E-state index contributed by atoms with van der Waals surface area (Å²) in [5.74, 6) is -0.296. The normalized spacial score (nSPS) is 16.3. The smallest absolute Gasteiger partial charge is 0.246 e. The summed E-state index contributed by atoms with van der Waals surface area (Å²) in [5, 5.41) is 8.23. The van der Waals surface area contributed by atoms with Crippen LogP contribution in [0.25, 0.3) is 22.2 Å². The van der Waals surface area contributed by atoms with E-state index in [9.17, 15) is 9.59 Å². The van der Waals surface area contributed by atoms with Gasteiger partial charge in [0.05, 0.1) is 6.20 Å². The van der Waals surface area contributed by atoms with Crippen molar-refractivity contribution in [3.63, 3.8) is 0 Å². The Balaban J connectivity index is 1.42. The maximum Gasteiger partial charge on any atom is 0.246 e. The zero-order valence-electron chi connectivity index (χ0n) is 16.4. The molecule has 0 radical (unpaired) electrons. The van der Waals surface area contributed by atoms with Crippen molar-refractivity contribution in [3.8, 4) is 11.1 Å². The van der Waals surface area contributed by atoms with Crippen LogP contribution in [-0.2, 0) is 23.1 Å². The van der Waals surface area contributed by atoms with Crippen LogP contribution in [0.4, 0.5) is 0 Å². The van der Waals surface area contributed by atoms with Gasteiger partial charge in [-0.05, 0) is 36.6 Å². The van der Waals surface area contributed by atoms with Crippen molar-refractivity contribution < 1.29 is 9.59 Å². The fourth-order valence-corrected chi connectivity index (χ4v) is 3.89. The molecule has 1 aliphatic rings. The minimum absolute atomic E-state index is 0.108. The van der Waals surface area contributed by atoms with Gasteiger partial charge in [0.25, 0.3) is 0 Å². The molecule has 1 aliphatic heterocycles. The lowest BCUT2D eigenvalue weighted by atomic mass is 10.1. The number of aromatic nitrogens is 4. The molecule has 150 valence electrons. The molecule has 1 unspecified atom stereocenters. The number of likely N-dealkylation sites (tertiary alicyclic amines) is 1. The first-order valence-corrected chi connectivity index (χ1v) is 9.73. The van der Waals surface area contributed by atoms with Gasteiger partial charge in [0.2, 0.25) is 11.8 Å². The van der Waals surface area contributed by atoms with Crippen LogP contribution in [0.2, 0.25) is 0 Å². The van der Waals surface area contributed by atoms with Crippen LogP contribution in [0, 0.1) is 0 Å². The summed E-state index contributed by atoms with van der Waals surface area (Å²) >= 11 is 0. The molecule has 0 saturated carbocycles. The zero-order chi connectivity index (χ0) is 20.4. The van der Waals surface area contributed by atoms with E-state index in [1.54, 1.807) is 15.8 Å². The van der Waals surface area contributed by atoms with E-state index in [0.717, 1.165) is 34.3 Å². The first-order valence-electron chi connectivity index (χ1n) is 9.73. The number of amides is 2. The van der Waals surface area contributed by atoms with E-state index in [-0.39, 0.29) is 11.8 Å². The van der Waals surface area contributed by atoms with E-state index in [1.807, 2.05) is 25.5 Å². The predicted molar refractivity (Wildman–Crippen MR) is 110 cm³/mol. The van der Waals surface area contributed by atoms with Gasteiger partial charge in [0, 0.05) is 55.6 Å². The van der Waals surface area contributed by atoms with Crippen molar-refractivity contribution in [1.82, 2.24) is 30.0 Å². The molecule has 1 atom stereocenters. The van der Waals surface area contributed by atoms with Crippen molar-refractivity contribution in [2.75, 3.05) is 13.1 Å². The Labute approximate surface area is 168 Å². The molecule has 4 rings (SSSR count). The van der Waals surface area contributed by atoms with E-state index < -0.39 is 6.04 Å². The molecule has 0 aromatic carbocycles. The van der Waals surface area contributed by atoms with Gasteiger partial charge in [0.15, 0.2) is 0 Å². The van der Waals surface area contributed by atoms with Gasteiger partial charge >= 0.3 is 0 Å². The summed E-state index contributed by atoms with van der Waals surface area (Å²) in [7, 11) is 1.89. The number of aromatic amines is 1. The first kappa shape index (κ1) is 18.9. The van der Waals surface area contributed by atoms with Gasteiger partial charge in [-0.25, -0.2) is 4.98 Å². The predicted octanol–water partition coefficient (Wildman–Crippen LogP) is 1.80. The second-order valence-corrected chi connectivity index (χ2v) is 7.25. The highest BCUT2D eigenvalue weighted by atomic mass is 16.2. The fourth-order valence-electron chi connectivity index (χ4n) is 3.89. The van der Waals surface area contributed by atoms with Crippen LogP contribution in [0.5, 0.6) is 0 Å². The average Bonchev–Trinajstić information content (AvgIpc) is 3.45. The lowest BCUT2D eigenvalue weighted by Gasteiger charge is -2.22. The molecule has 1 fully saturated rings. The molecule has 1 saturated heterocycles. The molecule has 3 aromatic rings. The number of H-pyrrole nitrogens is 1. The maximum atomic E-state index is 12.5. The van der Waals surface area contributed by atoms with Gasteiger partial charge in [-0.15, -0.1) is 0 Å². The Bertz CT molecular complexity index is 1070. The molecular weight excluding hydrogens is 368 g/mol. The molecule has 0 aliphatic carbocycles. The molecule has 8 heteroatoms. The Morgan fingerprint density at radius 1 is 1.45 bits per heavy atom.